The number of anilines is 1. The van der Waals surface area contributed by atoms with Crippen molar-refractivity contribution >= 4 is 11.7 Å². The number of amides is 2. The largest absolute Gasteiger partial charge is 0.497 e. The topological polar surface area (TPSA) is 80.5 Å². The SMILES string of the molecule is CCc1cccc(NC(=O)N2CCCC[C@H]2c2nc(-c3cccc(OC)c3)no2)c1. The lowest BCUT2D eigenvalue weighted by Crippen LogP contribution is -2.41. The summed E-state index contributed by atoms with van der Waals surface area (Å²) in [5.74, 6) is 1.68. The number of hydrogen-bond acceptors (Lipinski definition) is 5. The fourth-order valence-corrected chi connectivity index (χ4v) is 3.75. The van der Waals surface area contributed by atoms with E-state index in [1.165, 1.54) is 5.56 Å². The fraction of sp³-hybridized carbons (Fsp3) is 0.348. The molecular weight excluding hydrogens is 380 g/mol. The van der Waals surface area contributed by atoms with Crippen molar-refractivity contribution in [3.63, 3.8) is 0 Å². The van der Waals surface area contributed by atoms with E-state index in [0.717, 1.165) is 42.7 Å². The summed E-state index contributed by atoms with van der Waals surface area (Å²) in [6, 6.07) is 15.1. The van der Waals surface area contributed by atoms with Crippen LogP contribution >= 0.6 is 0 Å². The molecule has 4 rings (SSSR count). The lowest BCUT2D eigenvalue weighted by molar-refractivity contribution is 0.142. The third kappa shape index (κ3) is 4.30. The van der Waals surface area contributed by atoms with Crippen LogP contribution in [0.4, 0.5) is 10.5 Å². The van der Waals surface area contributed by atoms with Crippen LogP contribution in [0.1, 0.15) is 43.7 Å². The number of piperidine rings is 1. The van der Waals surface area contributed by atoms with E-state index in [-0.39, 0.29) is 12.1 Å². The maximum absolute atomic E-state index is 13.0. The number of aromatic nitrogens is 2. The molecule has 30 heavy (non-hydrogen) atoms. The minimum atomic E-state index is -0.236. The molecule has 1 aromatic heterocycles. The predicted octanol–water partition coefficient (Wildman–Crippen LogP) is 5.07. The summed E-state index contributed by atoms with van der Waals surface area (Å²) in [7, 11) is 1.62. The number of urea groups is 1. The van der Waals surface area contributed by atoms with Crippen LogP contribution in [-0.2, 0) is 6.42 Å². The Morgan fingerprint density at radius 1 is 1.23 bits per heavy atom. The number of hydrogen-bond donors (Lipinski definition) is 1. The van der Waals surface area contributed by atoms with Crippen molar-refractivity contribution in [2.24, 2.45) is 0 Å². The van der Waals surface area contributed by atoms with Gasteiger partial charge >= 0.3 is 6.03 Å². The first-order valence-corrected chi connectivity index (χ1v) is 10.3. The Bertz CT molecular complexity index is 1020. The highest BCUT2D eigenvalue weighted by Gasteiger charge is 2.32. The van der Waals surface area contributed by atoms with Crippen LogP contribution in [-0.4, -0.2) is 34.7 Å². The van der Waals surface area contributed by atoms with Gasteiger partial charge in [-0.05, 0) is 55.5 Å². The third-order valence-electron chi connectivity index (χ3n) is 5.40. The molecule has 1 aliphatic rings. The molecule has 1 atom stereocenters. The molecule has 7 nitrogen and oxygen atoms in total. The van der Waals surface area contributed by atoms with Gasteiger partial charge in [-0.15, -0.1) is 0 Å². The van der Waals surface area contributed by atoms with E-state index in [1.807, 2.05) is 42.5 Å². The molecule has 2 heterocycles. The number of aryl methyl sites for hydroxylation is 1. The highest BCUT2D eigenvalue weighted by molar-refractivity contribution is 5.89. The molecule has 1 fully saturated rings. The third-order valence-corrected chi connectivity index (χ3v) is 5.40. The summed E-state index contributed by atoms with van der Waals surface area (Å²) in [6.07, 6.45) is 3.68. The minimum absolute atomic E-state index is 0.144. The summed E-state index contributed by atoms with van der Waals surface area (Å²) in [5, 5.41) is 7.16. The van der Waals surface area contributed by atoms with E-state index in [1.54, 1.807) is 12.0 Å². The van der Waals surface area contributed by atoms with Crippen LogP contribution in [0.5, 0.6) is 5.75 Å². The van der Waals surface area contributed by atoms with E-state index < -0.39 is 0 Å². The number of benzene rings is 2. The summed E-state index contributed by atoms with van der Waals surface area (Å²) in [5.41, 5.74) is 2.79. The summed E-state index contributed by atoms with van der Waals surface area (Å²) in [4.78, 5) is 19.4. The van der Waals surface area contributed by atoms with Gasteiger partial charge in [0.2, 0.25) is 11.7 Å². The van der Waals surface area contributed by atoms with E-state index in [4.69, 9.17) is 9.26 Å². The average molecular weight is 406 g/mol. The molecule has 0 unspecified atom stereocenters. The van der Waals surface area contributed by atoms with Gasteiger partial charge in [0, 0.05) is 17.8 Å². The molecule has 0 bridgehead atoms. The maximum atomic E-state index is 13.0. The van der Waals surface area contributed by atoms with Gasteiger partial charge in [-0.3, -0.25) is 0 Å². The maximum Gasteiger partial charge on any atom is 0.322 e. The zero-order chi connectivity index (χ0) is 20.9. The lowest BCUT2D eigenvalue weighted by atomic mass is 10.0. The smallest absolute Gasteiger partial charge is 0.322 e. The Morgan fingerprint density at radius 2 is 2.10 bits per heavy atom. The van der Waals surface area contributed by atoms with Gasteiger partial charge in [-0.2, -0.15) is 4.98 Å². The van der Waals surface area contributed by atoms with Crippen molar-refractivity contribution in [2.75, 3.05) is 19.0 Å². The second kappa shape index (κ2) is 8.98. The predicted molar refractivity (Wildman–Crippen MR) is 114 cm³/mol. The molecule has 7 heteroatoms. The zero-order valence-electron chi connectivity index (χ0n) is 17.3. The number of nitrogens with zero attached hydrogens (tertiary/aromatic N) is 3. The fourth-order valence-electron chi connectivity index (χ4n) is 3.75. The Labute approximate surface area is 176 Å². The Kier molecular flexibility index (Phi) is 5.97. The molecule has 0 spiro atoms. The quantitative estimate of drug-likeness (QED) is 0.640. The van der Waals surface area contributed by atoms with E-state index in [9.17, 15) is 4.79 Å². The average Bonchev–Trinajstić information content (AvgIpc) is 3.29. The van der Waals surface area contributed by atoms with E-state index in [0.29, 0.717) is 18.3 Å². The normalized spacial score (nSPS) is 16.3. The summed E-state index contributed by atoms with van der Waals surface area (Å²) >= 11 is 0. The zero-order valence-corrected chi connectivity index (χ0v) is 17.3. The highest BCUT2D eigenvalue weighted by atomic mass is 16.5. The molecule has 156 valence electrons. The molecule has 1 N–H and O–H groups in total. The van der Waals surface area contributed by atoms with Gasteiger partial charge in [-0.1, -0.05) is 36.3 Å². The van der Waals surface area contributed by atoms with Crippen molar-refractivity contribution in [1.29, 1.82) is 0 Å². The van der Waals surface area contributed by atoms with Gasteiger partial charge in [0.25, 0.3) is 0 Å². The number of carbonyl (C=O) groups excluding carboxylic acids is 1. The van der Waals surface area contributed by atoms with Crippen molar-refractivity contribution in [2.45, 2.75) is 38.6 Å². The van der Waals surface area contributed by atoms with Crippen LogP contribution in [0.2, 0.25) is 0 Å². The molecule has 2 aromatic carbocycles. The van der Waals surface area contributed by atoms with Crippen molar-refractivity contribution in [1.82, 2.24) is 15.0 Å². The number of carbonyl (C=O) groups is 1. The van der Waals surface area contributed by atoms with Crippen molar-refractivity contribution in [3.8, 4) is 17.1 Å². The molecular formula is C23H26N4O3. The first kappa shape index (κ1) is 19.9. The summed E-state index contributed by atoms with van der Waals surface area (Å²) < 4.78 is 10.8. The van der Waals surface area contributed by atoms with E-state index in [2.05, 4.69) is 28.4 Å². The Hall–Kier alpha value is -3.35. The number of rotatable bonds is 5. The number of nitrogens with one attached hydrogen (secondary N) is 1. The monoisotopic (exact) mass is 406 g/mol. The number of ether oxygens (including phenoxy) is 1. The molecule has 1 aliphatic heterocycles. The van der Waals surface area contributed by atoms with Crippen LogP contribution in [0, 0.1) is 0 Å². The second-order valence-corrected chi connectivity index (χ2v) is 7.38. The van der Waals surface area contributed by atoms with Crippen LogP contribution in [0.3, 0.4) is 0 Å². The van der Waals surface area contributed by atoms with Gasteiger partial charge in [0.05, 0.1) is 7.11 Å². The van der Waals surface area contributed by atoms with Crippen LogP contribution in [0.15, 0.2) is 53.1 Å². The number of methoxy groups -OCH3 is 1. The van der Waals surface area contributed by atoms with Crippen LogP contribution < -0.4 is 10.1 Å². The van der Waals surface area contributed by atoms with Crippen molar-refractivity contribution < 1.29 is 14.1 Å². The molecule has 0 aliphatic carbocycles. The minimum Gasteiger partial charge on any atom is -0.497 e. The first-order valence-electron chi connectivity index (χ1n) is 10.3. The molecule has 1 saturated heterocycles. The van der Waals surface area contributed by atoms with Gasteiger partial charge < -0.3 is 19.5 Å². The lowest BCUT2D eigenvalue weighted by Gasteiger charge is -2.33. The standard InChI is InChI=1S/C23H26N4O3/c1-3-16-8-6-10-18(14-16)24-23(28)27-13-5-4-12-20(27)22-25-21(26-30-22)17-9-7-11-19(15-17)29-2/h6-11,14-15,20H,3-5,12-13H2,1-2H3,(H,24,28)/t20-/m0/s1. The van der Waals surface area contributed by atoms with Gasteiger partial charge in [0.15, 0.2) is 0 Å². The molecule has 2 amide bonds. The van der Waals surface area contributed by atoms with Gasteiger partial charge in [0.1, 0.15) is 11.8 Å². The Balaban J connectivity index is 1.53. The number of likely N-dealkylation sites (tertiary alicyclic amines) is 1. The molecule has 0 radical (unpaired) electrons. The molecule has 0 saturated carbocycles. The second-order valence-electron chi connectivity index (χ2n) is 7.38. The summed E-state index contributed by atoms with van der Waals surface area (Å²) in [6.45, 7) is 2.75. The highest BCUT2D eigenvalue weighted by Crippen LogP contribution is 2.32. The van der Waals surface area contributed by atoms with Crippen molar-refractivity contribution in [3.05, 3.63) is 60.0 Å². The molecule has 3 aromatic rings. The first-order chi connectivity index (χ1) is 14.7. The van der Waals surface area contributed by atoms with Crippen LogP contribution in [0.25, 0.3) is 11.4 Å². The Morgan fingerprint density at radius 3 is 2.93 bits per heavy atom. The van der Waals surface area contributed by atoms with Gasteiger partial charge in [-0.25, -0.2) is 4.79 Å². The van der Waals surface area contributed by atoms with E-state index >= 15 is 0 Å².